The summed E-state index contributed by atoms with van der Waals surface area (Å²) in [6, 6.07) is 3.31. The lowest BCUT2D eigenvalue weighted by Gasteiger charge is -2.23. The molecule has 1 aromatic heterocycles. The maximum Gasteiger partial charge on any atom is 0.416 e. The molecule has 2 rings (SSSR count). The summed E-state index contributed by atoms with van der Waals surface area (Å²) in [5.41, 5.74) is 1.75. The molecule has 0 radical (unpaired) electrons. The Bertz CT molecular complexity index is 1090. The second kappa shape index (κ2) is 21.8. The molecule has 1 atom stereocenters. The average Bonchev–Trinajstić information content (AvgIpc) is 2.98. The van der Waals surface area contributed by atoms with Crippen molar-refractivity contribution in [2.24, 2.45) is 0 Å². The lowest BCUT2D eigenvalue weighted by molar-refractivity contribution is -0.143. The molecular weight excluding hydrogens is 571 g/mol. The molecule has 44 heavy (non-hydrogen) atoms. The molecule has 0 amide bonds. The Morgan fingerprint density at radius 1 is 0.932 bits per heavy atom. The van der Waals surface area contributed by atoms with Crippen molar-refractivity contribution in [3.8, 4) is 17.0 Å². The fourth-order valence-corrected chi connectivity index (χ4v) is 4.86. The molecule has 0 aliphatic heterocycles. The van der Waals surface area contributed by atoms with Crippen LogP contribution in [0.3, 0.4) is 0 Å². The van der Waals surface area contributed by atoms with Gasteiger partial charge in [0.05, 0.1) is 12.2 Å². The molecular formula is C34H54F3N3O4. The number of esters is 1. The maximum absolute atomic E-state index is 13.2. The summed E-state index contributed by atoms with van der Waals surface area (Å²) in [4.78, 5) is 10.4. The van der Waals surface area contributed by atoms with E-state index in [0.29, 0.717) is 31.7 Å². The predicted molar refractivity (Wildman–Crippen MR) is 171 cm³/mol. The number of hydrogen-bond donors (Lipinski definition) is 2. The van der Waals surface area contributed by atoms with Gasteiger partial charge in [-0.2, -0.15) is 13.2 Å². The number of aromatic nitrogens is 2. The van der Waals surface area contributed by atoms with Gasteiger partial charge in [-0.25, -0.2) is 0 Å². The number of halogens is 3. The minimum atomic E-state index is -4.53. The molecule has 0 aliphatic rings. The van der Waals surface area contributed by atoms with E-state index in [1.54, 1.807) is 7.11 Å². The Labute approximate surface area is 262 Å². The van der Waals surface area contributed by atoms with Gasteiger partial charge in [0, 0.05) is 37.3 Å². The molecule has 0 saturated heterocycles. The third-order valence-electron chi connectivity index (χ3n) is 7.32. The number of anilines is 1. The molecule has 1 aromatic carbocycles. The van der Waals surface area contributed by atoms with Crippen LogP contribution in [0.15, 0.2) is 18.2 Å². The van der Waals surface area contributed by atoms with Gasteiger partial charge in [0.1, 0.15) is 11.4 Å². The number of rotatable bonds is 19. The van der Waals surface area contributed by atoms with Gasteiger partial charge in [-0.15, -0.1) is 10.2 Å². The van der Waals surface area contributed by atoms with Crippen molar-refractivity contribution in [1.82, 2.24) is 10.2 Å². The van der Waals surface area contributed by atoms with Crippen LogP contribution in [-0.2, 0) is 33.3 Å². The van der Waals surface area contributed by atoms with E-state index < -0.39 is 17.5 Å². The molecule has 0 bridgehead atoms. The van der Waals surface area contributed by atoms with Crippen LogP contribution in [0, 0.1) is 0 Å². The minimum absolute atomic E-state index is 0.0880. The summed E-state index contributed by atoms with van der Waals surface area (Å²) in [6.45, 7) is 11.3. The average molecular weight is 626 g/mol. The molecule has 1 heterocycles. The number of carbonyl (C=O) groups is 1. The van der Waals surface area contributed by atoms with Crippen LogP contribution < -0.4 is 5.32 Å². The summed E-state index contributed by atoms with van der Waals surface area (Å²) < 4.78 is 49.4. The molecule has 0 spiro atoms. The highest BCUT2D eigenvalue weighted by molar-refractivity contribution is 5.73. The Hall–Kier alpha value is -2.88. The summed E-state index contributed by atoms with van der Waals surface area (Å²) in [6.07, 6.45) is 7.74. The van der Waals surface area contributed by atoms with Crippen LogP contribution in [-0.4, -0.2) is 47.6 Å². The molecule has 10 heteroatoms. The van der Waals surface area contributed by atoms with Crippen LogP contribution in [0.1, 0.15) is 122 Å². The third kappa shape index (κ3) is 13.8. The number of alkyl halides is 3. The SMILES string of the molecule is CCCC(=O)OCC.CCCCCCC(CC)Nc1nnc(-c2ccc(C(F)(F)F)cc2O)c(CCCOC)c1CCCC. The van der Waals surface area contributed by atoms with Gasteiger partial charge in [0.25, 0.3) is 0 Å². The van der Waals surface area contributed by atoms with Crippen LogP contribution in [0.5, 0.6) is 5.75 Å². The maximum atomic E-state index is 13.2. The van der Waals surface area contributed by atoms with E-state index in [1.807, 2.05) is 13.8 Å². The van der Waals surface area contributed by atoms with Gasteiger partial charge >= 0.3 is 12.1 Å². The lowest BCUT2D eigenvalue weighted by atomic mass is 9.93. The van der Waals surface area contributed by atoms with Gasteiger partial charge < -0.3 is 19.9 Å². The van der Waals surface area contributed by atoms with E-state index in [1.165, 1.54) is 25.3 Å². The van der Waals surface area contributed by atoms with Crippen molar-refractivity contribution in [3.63, 3.8) is 0 Å². The zero-order valence-corrected chi connectivity index (χ0v) is 27.6. The van der Waals surface area contributed by atoms with Crippen LogP contribution in [0.4, 0.5) is 19.0 Å². The smallest absolute Gasteiger partial charge is 0.416 e. The van der Waals surface area contributed by atoms with Crippen LogP contribution in [0.25, 0.3) is 11.3 Å². The first kappa shape index (κ1) is 39.1. The first-order valence-electron chi connectivity index (χ1n) is 16.3. The highest BCUT2D eigenvalue weighted by Crippen LogP contribution is 2.39. The highest BCUT2D eigenvalue weighted by atomic mass is 19.4. The first-order chi connectivity index (χ1) is 21.1. The zero-order valence-electron chi connectivity index (χ0n) is 27.6. The number of benzene rings is 1. The van der Waals surface area contributed by atoms with Gasteiger partial charge in [0.2, 0.25) is 0 Å². The topological polar surface area (TPSA) is 93.6 Å². The number of methoxy groups -OCH3 is 1. The lowest BCUT2D eigenvalue weighted by Crippen LogP contribution is -2.22. The number of carbonyl (C=O) groups excluding carboxylic acids is 1. The number of unbranched alkanes of at least 4 members (excludes halogenated alkanes) is 4. The van der Waals surface area contributed by atoms with Crippen LogP contribution >= 0.6 is 0 Å². The van der Waals surface area contributed by atoms with Crippen molar-refractivity contribution in [2.75, 3.05) is 25.6 Å². The van der Waals surface area contributed by atoms with E-state index >= 15 is 0 Å². The minimum Gasteiger partial charge on any atom is -0.507 e. The summed E-state index contributed by atoms with van der Waals surface area (Å²) in [5, 5.41) is 23.1. The Kier molecular flexibility index (Phi) is 19.4. The van der Waals surface area contributed by atoms with E-state index in [0.717, 1.165) is 80.4 Å². The number of aromatic hydroxyl groups is 1. The van der Waals surface area contributed by atoms with Crippen molar-refractivity contribution in [3.05, 3.63) is 34.9 Å². The largest absolute Gasteiger partial charge is 0.507 e. The summed E-state index contributed by atoms with van der Waals surface area (Å²) in [5.74, 6) is 0.208. The number of nitrogens with zero attached hydrogens (tertiary/aromatic N) is 2. The van der Waals surface area contributed by atoms with Crippen molar-refractivity contribution >= 4 is 11.8 Å². The van der Waals surface area contributed by atoms with Gasteiger partial charge in [-0.1, -0.05) is 59.8 Å². The van der Waals surface area contributed by atoms with Crippen molar-refractivity contribution in [2.45, 2.75) is 130 Å². The second-order valence-electron chi connectivity index (χ2n) is 10.9. The first-order valence-corrected chi connectivity index (χ1v) is 16.3. The molecule has 1 unspecified atom stereocenters. The molecule has 250 valence electrons. The van der Waals surface area contributed by atoms with E-state index in [4.69, 9.17) is 4.74 Å². The fraction of sp³-hybridized carbons (Fsp3) is 0.676. The number of hydrogen-bond acceptors (Lipinski definition) is 7. The van der Waals surface area contributed by atoms with E-state index in [-0.39, 0.29) is 17.6 Å². The monoisotopic (exact) mass is 625 g/mol. The fourth-order valence-electron chi connectivity index (χ4n) is 4.86. The Morgan fingerprint density at radius 2 is 1.64 bits per heavy atom. The zero-order chi connectivity index (χ0) is 33.0. The quantitative estimate of drug-likeness (QED) is 0.119. The molecule has 2 aromatic rings. The van der Waals surface area contributed by atoms with Gasteiger partial charge in [-0.05, 0) is 75.6 Å². The second-order valence-corrected chi connectivity index (χ2v) is 10.9. The third-order valence-corrected chi connectivity index (χ3v) is 7.32. The van der Waals surface area contributed by atoms with Gasteiger partial charge in [0.15, 0.2) is 5.82 Å². The Morgan fingerprint density at radius 3 is 2.20 bits per heavy atom. The van der Waals surface area contributed by atoms with E-state index in [9.17, 15) is 23.1 Å². The molecule has 2 N–H and O–H groups in total. The van der Waals surface area contributed by atoms with Crippen molar-refractivity contribution in [1.29, 1.82) is 0 Å². The molecule has 0 aliphatic carbocycles. The molecule has 7 nitrogen and oxygen atoms in total. The number of nitrogens with one attached hydrogen (secondary N) is 1. The number of phenolic OH excluding ortho intramolecular Hbond substituents is 1. The number of phenols is 1. The predicted octanol–water partition coefficient (Wildman–Crippen LogP) is 9.30. The normalized spacial score (nSPS) is 11.9. The molecule has 0 fully saturated rings. The van der Waals surface area contributed by atoms with Crippen LogP contribution in [0.2, 0.25) is 0 Å². The standard InChI is InChI=1S/C28H42F3N3O2.C6H12O2/c1-5-8-10-11-13-21(7-3)32-27-23(14-9-6-2)22(15-12-18-36-4)26(33-34-27)24-17-16-20(19-25(24)35)28(29,30)31;1-3-5-6(7)8-4-2/h16-17,19,21,35H,5-15,18H2,1-4H3,(H,32,34);3-5H2,1-2H3. The van der Waals surface area contributed by atoms with Crippen molar-refractivity contribution < 1.29 is 32.5 Å². The summed E-state index contributed by atoms with van der Waals surface area (Å²) >= 11 is 0. The summed E-state index contributed by atoms with van der Waals surface area (Å²) in [7, 11) is 1.64. The molecule has 0 saturated carbocycles. The highest BCUT2D eigenvalue weighted by Gasteiger charge is 2.31. The Balaban J connectivity index is 0.00000106. The van der Waals surface area contributed by atoms with E-state index in [2.05, 4.69) is 41.0 Å². The van der Waals surface area contributed by atoms with Gasteiger partial charge in [-0.3, -0.25) is 4.79 Å². The number of ether oxygens (including phenoxy) is 2.